The third-order valence-electron chi connectivity index (χ3n) is 3.52. The van der Waals surface area contributed by atoms with Crippen molar-refractivity contribution in [1.29, 1.82) is 0 Å². The lowest BCUT2D eigenvalue weighted by Crippen LogP contribution is -2.35. The Labute approximate surface area is 127 Å². The number of anilines is 1. The van der Waals surface area contributed by atoms with E-state index < -0.39 is 6.10 Å². The highest BCUT2D eigenvalue weighted by molar-refractivity contribution is 5.93. The Morgan fingerprint density at radius 1 is 1.48 bits per heavy atom. The SMILES string of the molecule is C=CCCC(O)CN(C)CC(=O)Nc1cccc(C)c1C. The van der Waals surface area contributed by atoms with Crippen LogP contribution in [0.2, 0.25) is 0 Å². The van der Waals surface area contributed by atoms with Crippen molar-refractivity contribution < 1.29 is 9.90 Å². The molecule has 0 spiro atoms. The largest absolute Gasteiger partial charge is 0.392 e. The molecule has 0 heterocycles. The first-order chi connectivity index (χ1) is 9.93. The summed E-state index contributed by atoms with van der Waals surface area (Å²) in [6, 6.07) is 5.85. The number of amides is 1. The summed E-state index contributed by atoms with van der Waals surface area (Å²) in [6.45, 7) is 8.39. The molecule has 4 heteroatoms. The minimum absolute atomic E-state index is 0.0675. The zero-order valence-corrected chi connectivity index (χ0v) is 13.2. The zero-order chi connectivity index (χ0) is 15.8. The van der Waals surface area contributed by atoms with Gasteiger partial charge in [-0.25, -0.2) is 0 Å². The smallest absolute Gasteiger partial charge is 0.238 e. The molecule has 0 aliphatic rings. The molecule has 0 aliphatic heterocycles. The predicted molar refractivity (Wildman–Crippen MR) is 87.5 cm³/mol. The molecule has 0 aliphatic carbocycles. The molecule has 1 rings (SSSR count). The Morgan fingerprint density at radius 3 is 2.86 bits per heavy atom. The number of hydrogen-bond donors (Lipinski definition) is 2. The zero-order valence-electron chi connectivity index (χ0n) is 13.2. The van der Waals surface area contributed by atoms with Crippen molar-refractivity contribution in [2.45, 2.75) is 32.8 Å². The molecule has 0 fully saturated rings. The second-order valence-electron chi connectivity index (χ2n) is 5.51. The standard InChI is InChI=1S/C17H26N2O2/c1-5-6-9-15(20)11-19(4)12-17(21)18-16-10-7-8-13(2)14(16)3/h5,7-8,10,15,20H,1,6,9,11-12H2,2-4H3,(H,18,21). The molecule has 0 saturated heterocycles. The summed E-state index contributed by atoms with van der Waals surface area (Å²) in [5.74, 6) is -0.0675. The number of nitrogens with one attached hydrogen (secondary N) is 1. The monoisotopic (exact) mass is 290 g/mol. The maximum Gasteiger partial charge on any atom is 0.238 e. The summed E-state index contributed by atoms with van der Waals surface area (Å²) in [5, 5.41) is 12.7. The number of carbonyl (C=O) groups is 1. The van der Waals surface area contributed by atoms with Gasteiger partial charge in [0, 0.05) is 12.2 Å². The van der Waals surface area contributed by atoms with Crippen LogP contribution in [0.5, 0.6) is 0 Å². The van der Waals surface area contributed by atoms with Gasteiger partial charge in [0.05, 0.1) is 12.6 Å². The number of benzene rings is 1. The molecule has 0 saturated carbocycles. The fourth-order valence-corrected chi connectivity index (χ4v) is 2.15. The molecule has 1 aromatic carbocycles. The van der Waals surface area contributed by atoms with E-state index in [9.17, 15) is 9.90 Å². The Kier molecular flexibility index (Phi) is 7.12. The van der Waals surface area contributed by atoms with Gasteiger partial charge in [-0.15, -0.1) is 6.58 Å². The fourth-order valence-electron chi connectivity index (χ4n) is 2.15. The molecule has 1 atom stereocenters. The Morgan fingerprint density at radius 2 is 2.19 bits per heavy atom. The lowest BCUT2D eigenvalue weighted by atomic mass is 10.1. The second kappa shape index (κ2) is 8.60. The average molecular weight is 290 g/mol. The first-order valence-electron chi connectivity index (χ1n) is 7.27. The average Bonchev–Trinajstić information content (AvgIpc) is 2.41. The Hall–Kier alpha value is -1.65. The molecule has 116 valence electrons. The Bertz CT molecular complexity index is 486. The summed E-state index contributed by atoms with van der Waals surface area (Å²) < 4.78 is 0. The van der Waals surface area contributed by atoms with E-state index in [1.165, 1.54) is 0 Å². The van der Waals surface area contributed by atoms with Crippen LogP contribution in [0.4, 0.5) is 5.69 Å². The van der Waals surface area contributed by atoms with Gasteiger partial charge in [0.15, 0.2) is 0 Å². The van der Waals surface area contributed by atoms with Gasteiger partial charge in [-0.1, -0.05) is 18.2 Å². The molecule has 0 bridgehead atoms. The quantitative estimate of drug-likeness (QED) is 0.723. The Balaban J connectivity index is 2.46. The van der Waals surface area contributed by atoms with E-state index in [-0.39, 0.29) is 12.5 Å². The first kappa shape index (κ1) is 17.4. The number of rotatable bonds is 8. The van der Waals surface area contributed by atoms with E-state index in [0.29, 0.717) is 13.0 Å². The van der Waals surface area contributed by atoms with Gasteiger partial charge in [0.1, 0.15) is 0 Å². The van der Waals surface area contributed by atoms with Crippen LogP contribution in [-0.4, -0.2) is 42.2 Å². The van der Waals surface area contributed by atoms with Gasteiger partial charge in [0.2, 0.25) is 5.91 Å². The predicted octanol–water partition coefficient (Wildman–Crippen LogP) is 2.50. The first-order valence-corrected chi connectivity index (χ1v) is 7.27. The lowest BCUT2D eigenvalue weighted by molar-refractivity contribution is -0.117. The third-order valence-corrected chi connectivity index (χ3v) is 3.52. The maximum absolute atomic E-state index is 12.0. The third kappa shape index (κ3) is 6.10. The normalized spacial score (nSPS) is 12.2. The van der Waals surface area contributed by atoms with Gasteiger partial charge >= 0.3 is 0 Å². The van der Waals surface area contributed by atoms with Crippen molar-refractivity contribution in [3.8, 4) is 0 Å². The minimum Gasteiger partial charge on any atom is -0.392 e. The van der Waals surface area contributed by atoms with Gasteiger partial charge in [-0.2, -0.15) is 0 Å². The van der Waals surface area contributed by atoms with Crippen LogP contribution in [0.3, 0.4) is 0 Å². The minimum atomic E-state index is -0.429. The van der Waals surface area contributed by atoms with Gasteiger partial charge in [0.25, 0.3) is 0 Å². The number of aliphatic hydroxyl groups is 1. The highest BCUT2D eigenvalue weighted by Crippen LogP contribution is 2.17. The molecular formula is C17H26N2O2. The molecular weight excluding hydrogens is 264 g/mol. The number of aliphatic hydroxyl groups excluding tert-OH is 1. The number of nitrogens with zero attached hydrogens (tertiary/aromatic N) is 1. The molecule has 0 aromatic heterocycles. The molecule has 1 aromatic rings. The molecule has 0 radical (unpaired) electrons. The van der Waals surface area contributed by atoms with Crippen LogP contribution in [0.25, 0.3) is 0 Å². The fraction of sp³-hybridized carbons (Fsp3) is 0.471. The van der Waals surface area contributed by atoms with Gasteiger partial charge in [-0.3, -0.25) is 9.69 Å². The van der Waals surface area contributed by atoms with Crippen LogP contribution in [0.1, 0.15) is 24.0 Å². The van der Waals surface area contributed by atoms with Crippen LogP contribution in [0, 0.1) is 13.8 Å². The van der Waals surface area contributed by atoms with Crippen molar-refractivity contribution in [3.05, 3.63) is 42.0 Å². The van der Waals surface area contributed by atoms with Gasteiger partial charge < -0.3 is 10.4 Å². The van der Waals surface area contributed by atoms with Crippen LogP contribution >= 0.6 is 0 Å². The van der Waals surface area contributed by atoms with E-state index in [2.05, 4.69) is 11.9 Å². The molecule has 1 amide bonds. The highest BCUT2D eigenvalue weighted by atomic mass is 16.3. The number of likely N-dealkylation sites (N-methyl/N-ethyl adjacent to an activating group) is 1. The summed E-state index contributed by atoms with van der Waals surface area (Å²) >= 11 is 0. The highest BCUT2D eigenvalue weighted by Gasteiger charge is 2.12. The van der Waals surface area contributed by atoms with E-state index in [1.807, 2.05) is 44.0 Å². The van der Waals surface area contributed by atoms with Crippen LogP contribution < -0.4 is 5.32 Å². The van der Waals surface area contributed by atoms with E-state index in [4.69, 9.17) is 0 Å². The number of allylic oxidation sites excluding steroid dienone is 1. The molecule has 1 unspecified atom stereocenters. The van der Waals surface area contributed by atoms with Crippen LogP contribution in [-0.2, 0) is 4.79 Å². The van der Waals surface area contributed by atoms with Crippen molar-refractivity contribution >= 4 is 11.6 Å². The number of aryl methyl sites for hydroxylation is 1. The molecule has 2 N–H and O–H groups in total. The topological polar surface area (TPSA) is 52.6 Å². The summed E-state index contributed by atoms with van der Waals surface area (Å²) in [5.41, 5.74) is 3.08. The van der Waals surface area contributed by atoms with Crippen molar-refractivity contribution in [2.75, 3.05) is 25.5 Å². The maximum atomic E-state index is 12.0. The van der Waals surface area contributed by atoms with Crippen molar-refractivity contribution in [2.24, 2.45) is 0 Å². The van der Waals surface area contributed by atoms with E-state index >= 15 is 0 Å². The van der Waals surface area contributed by atoms with Crippen LogP contribution in [0.15, 0.2) is 30.9 Å². The summed E-state index contributed by atoms with van der Waals surface area (Å²) in [6.07, 6.45) is 2.81. The number of hydrogen-bond acceptors (Lipinski definition) is 3. The molecule has 4 nitrogen and oxygen atoms in total. The van der Waals surface area contributed by atoms with E-state index in [1.54, 1.807) is 6.08 Å². The summed E-state index contributed by atoms with van der Waals surface area (Å²) in [7, 11) is 1.83. The second-order valence-corrected chi connectivity index (χ2v) is 5.51. The number of carbonyl (C=O) groups excluding carboxylic acids is 1. The summed E-state index contributed by atoms with van der Waals surface area (Å²) in [4.78, 5) is 13.9. The van der Waals surface area contributed by atoms with Crippen molar-refractivity contribution in [3.63, 3.8) is 0 Å². The lowest BCUT2D eigenvalue weighted by Gasteiger charge is -2.20. The van der Waals surface area contributed by atoms with E-state index in [0.717, 1.165) is 23.2 Å². The molecule has 21 heavy (non-hydrogen) atoms. The van der Waals surface area contributed by atoms with Gasteiger partial charge in [-0.05, 0) is 50.9 Å². The van der Waals surface area contributed by atoms with Crippen molar-refractivity contribution in [1.82, 2.24) is 4.90 Å².